The second kappa shape index (κ2) is 9.52. The van der Waals surface area contributed by atoms with Crippen molar-refractivity contribution in [3.05, 3.63) is 89.8 Å². The van der Waals surface area contributed by atoms with E-state index in [-0.39, 0.29) is 5.82 Å². The molecule has 0 spiro atoms. The highest BCUT2D eigenvalue weighted by Crippen LogP contribution is 2.07. The second-order valence-corrected chi connectivity index (χ2v) is 6.28. The largest absolute Gasteiger partial charge is 0.356 e. The number of rotatable bonds is 7. The summed E-state index contributed by atoms with van der Waals surface area (Å²) < 4.78 is 15.0. The van der Waals surface area contributed by atoms with Gasteiger partial charge in [0.2, 0.25) is 0 Å². The summed E-state index contributed by atoms with van der Waals surface area (Å²) in [5.74, 6) is 0.538. The van der Waals surface area contributed by atoms with Gasteiger partial charge in [0.15, 0.2) is 5.96 Å². The van der Waals surface area contributed by atoms with Crippen LogP contribution in [0.1, 0.15) is 16.7 Å². The number of nitrogens with zero attached hydrogens (tertiary/aromatic N) is 3. The van der Waals surface area contributed by atoms with Gasteiger partial charge in [-0.3, -0.25) is 4.99 Å². The van der Waals surface area contributed by atoms with Gasteiger partial charge in [-0.05, 0) is 35.2 Å². The van der Waals surface area contributed by atoms with E-state index >= 15 is 0 Å². The van der Waals surface area contributed by atoms with Crippen LogP contribution in [-0.2, 0) is 19.5 Å². The molecule has 0 bridgehead atoms. The molecular formula is C21H24FN5. The van der Waals surface area contributed by atoms with Gasteiger partial charge in [-0.1, -0.05) is 36.4 Å². The molecule has 0 aliphatic rings. The normalized spacial score (nSPS) is 11.4. The van der Waals surface area contributed by atoms with Gasteiger partial charge in [0.05, 0.1) is 6.33 Å². The lowest BCUT2D eigenvalue weighted by Gasteiger charge is -2.13. The van der Waals surface area contributed by atoms with Crippen LogP contribution in [0.5, 0.6) is 0 Å². The van der Waals surface area contributed by atoms with Crippen LogP contribution in [0.15, 0.2) is 72.2 Å². The first-order chi connectivity index (χ1) is 13.2. The number of aromatic nitrogens is 2. The highest BCUT2D eigenvalue weighted by Gasteiger charge is 2.01. The maximum absolute atomic E-state index is 12.9. The third-order valence-electron chi connectivity index (χ3n) is 4.22. The van der Waals surface area contributed by atoms with Crippen molar-refractivity contribution in [1.82, 2.24) is 20.2 Å². The zero-order chi connectivity index (χ0) is 18.9. The molecule has 5 nitrogen and oxygen atoms in total. The Bertz CT molecular complexity index is 857. The highest BCUT2D eigenvalue weighted by molar-refractivity contribution is 5.79. The molecule has 2 aromatic carbocycles. The summed E-state index contributed by atoms with van der Waals surface area (Å²) >= 11 is 0. The van der Waals surface area contributed by atoms with E-state index in [2.05, 4.69) is 44.9 Å². The van der Waals surface area contributed by atoms with Crippen molar-refractivity contribution in [3.8, 4) is 0 Å². The van der Waals surface area contributed by atoms with Crippen molar-refractivity contribution in [2.75, 3.05) is 13.6 Å². The number of hydrogen-bond donors (Lipinski definition) is 2. The van der Waals surface area contributed by atoms with E-state index in [0.29, 0.717) is 6.54 Å². The molecule has 140 valence electrons. The Morgan fingerprint density at radius 3 is 2.63 bits per heavy atom. The molecule has 1 heterocycles. The fraction of sp³-hybridized carbons (Fsp3) is 0.238. The van der Waals surface area contributed by atoms with E-state index < -0.39 is 0 Å². The average molecular weight is 365 g/mol. The zero-order valence-electron chi connectivity index (χ0n) is 15.4. The second-order valence-electron chi connectivity index (χ2n) is 6.28. The molecule has 0 saturated carbocycles. The monoisotopic (exact) mass is 365 g/mol. The molecule has 27 heavy (non-hydrogen) atoms. The summed E-state index contributed by atoms with van der Waals surface area (Å²) in [6.45, 7) is 2.22. The molecule has 0 aliphatic heterocycles. The Morgan fingerprint density at radius 2 is 1.89 bits per heavy atom. The predicted molar refractivity (Wildman–Crippen MR) is 106 cm³/mol. The fourth-order valence-corrected chi connectivity index (χ4v) is 2.81. The topological polar surface area (TPSA) is 54.2 Å². The van der Waals surface area contributed by atoms with E-state index in [1.807, 2.05) is 17.1 Å². The minimum Gasteiger partial charge on any atom is -0.356 e. The molecule has 2 N–H and O–H groups in total. The number of nitrogens with one attached hydrogen (secondary N) is 2. The summed E-state index contributed by atoms with van der Waals surface area (Å²) in [6, 6.07) is 15.0. The fourth-order valence-electron chi connectivity index (χ4n) is 2.81. The van der Waals surface area contributed by atoms with E-state index in [1.165, 1.54) is 23.3 Å². The maximum atomic E-state index is 12.9. The number of imidazole rings is 1. The standard InChI is InChI=1S/C21H24FN5/c1-23-21(25-10-9-17-5-7-20(22)8-6-17)26-14-18-3-2-4-19(13-18)15-27-12-11-24-16-27/h2-8,11-13,16H,9-10,14-15H2,1H3,(H2,23,25,26). The Balaban J connectivity index is 1.46. The van der Waals surface area contributed by atoms with E-state index in [1.54, 1.807) is 25.4 Å². The number of hydrogen-bond acceptors (Lipinski definition) is 2. The van der Waals surface area contributed by atoms with E-state index in [0.717, 1.165) is 31.0 Å². The van der Waals surface area contributed by atoms with E-state index in [4.69, 9.17) is 0 Å². The van der Waals surface area contributed by atoms with Crippen LogP contribution < -0.4 is 10.6 Å². The van der Waals surface area contributed by atoms with Crippen molar-refractivity contribution < 1.29 is 4.39 Å². The molecular weight excluding hydrogens is 341 g/mol. The number of guanidine groups is 1. The van der Waals surface area contributed by atoms with Crippen molar-refractivity contribution in [3.63, 3.8) is 0 Å². The Hall–Kier alpha value is -3.15. The smallest absolute Gasteiger partial charge is 0.191 e. The Kier molecular flexibility index (Phi) is 6.57. The first kappa shape index (κ1) is 18.6. The predicted octanol–water partition coefficient (Wildman–Crippen LogP) is 2.98. The van der Waals surface area contributed by atoms with Crippen molar-refractivity contribution >= 4 is 5.96 Å². The van der Waals surface area contributed by atoms with Crippen LogP contribution in [-0.4, -0.2) is 29.1 Å². The minimum atomic E-state index is -0.209. The van der Waals surface area contributed by atoms with Gasteiger partial charge in [-0.2, -0.15) is 0 Å². The number of aliphatic imine (C=N–C) groups is 1. The van der Waals surface area contributed by atoms with Gasteiger partial charge in [0, 0.05) is 39.1 Å². The molecule has 0 saturated heterocycles. The summed E-state index contributed by atoms with van der Waals surface area (Å²) in [5, 5.41) is 6.61. The maximum Gasteiger partial charge on any atom is 0.191 e. The van der Waals surface area contributed by atoms with Crippen LogP contribution in [0.2, 0.25) is 0 Å². The SMILES string of the molecule is CN=C(NCCc1ccc(F)cc1)NCc1cccc(Cn2ccnc2)c1. The molecule has 0 aliphatic carbocycles. The lowest BCUT2D eigenvalue weighted by molar-refractivity contribution is 0.626. The van der Waals surface area contributed by atoms with Crippen molar-refractivity contribution in [2.45, 2.75) is 19.5 Å². The Morgan fingerprint density at radius 1 is 1.07 bits per heavy atom. The van der Waals surface area contributed by atoms with Crippen LogP contribution >= 0.6 is 0 Å². The molecule has 0 amide bonds. The quantitative estimate of drug-likeness (QED) is 0.500. The van der Waals surface area contributed by atoms with Gasteiger partial charge < -0.3 is 15.2 Å². The summed E-state index contributed by atoms with van der Waals surface area (Å²) in [6.07, 6.45) is 6.37. The lowest BCUT2D eigenvalue weighted by Crippen LogP contribution is -2.37. The number of benzene rings is 2. The first-order valence-electron chi connectivity index (χ1n) is 8.95. The molecule has 0 unspecified atom stereocenters. The van der Waals surface area contributed by atoms with Gasteiger partial charge in [0.25, 0.3) is 0 Å². The minimum absolute atomic E-state index is 0.209. The molecule has 0 radical (unpaired) electrons. The lowest BCUT2D eigenvalue weighted by atomic mass is 10.1. The van der Waals surface area contributed by atoms with Crippen molar-refractivity contribution in [1.29, 1.82) is 0 Å². The molecule has 0 fully saturated rings. The Labute approximate surface area is 159 Å². The molecule has 0 atom stereocenters. The van der Waals surface area contributed by atoms with Crippen LogP contribution in [0, 0.1) is 5.82 Å². The van der Waals surface area contributed by atoms with Gasteiger partial charge >= 0.3 is 0 Å². The molecule has 6 heteroatoms. The molecule has 3 aromatic rings. The molecule has 3 rings (SSSR count). The van der Waals surface area contributed by atoms with Gasteiger partial charge in [0.1, 0.15) is 5.82 Å². The van der Waals surface area contributed by atoms with Crippen LogP contribution in [0.3, 0.4) is 0 Å². The summed E-state index contributed by atoms with van der Waals surface area (Å²) in [7, 11) is 1.75. The van der Waals surface area contributed by atoms with Gasteiger partial charge in [-0.25, -0.2) is 9.37 Å². The third-order valence-corrected chi connectivity index (χ3v) is 4.22. The van der Waals surface area contributed by atoms with Crippen molar-refractivity contribution in [2.24, 2.45) is 4.99 Å². The summed E-state index contributed by atoms with van der Waals surface area (Å²) in [4.78, 5) is 8.33. The highest BCUT2D eigenvalue weighted by atomic mass is 19.1. The van der Waals surface area contributed by atoms with Crippen LogP contribution in [0.4, 0.5) is 4.39 Å². The van der Waals surface area contributed by atoms with Crippen LogP contribution in [0.25, 0.3) is 0 Å². The number of halogens is 1. The average Bonchev–Trinajstić information content (AvgIpc) is 3.19. The molecule has 1 aromatic heterocycles. The third kappa shape index (κ3) is 5.95. The zero-order valence-corrected chi connectivity index (χ0v) is 15.4. The van der Waals surface area contributed by atoms with E-state index in [9.17, 15) is 4.39 Å². The van der Waals surface area contributed by atoms with Gasteiger partial charge in [-0.15, -0.1) is 0 Å². The first-order valence-corrected chi connectivity index (χ1v) is 8.95. The summed E-state index contributed by atoms with van der Waals surface area (Å²) in [5.41, 5.74) is 3.51.